The lowest BCUT2D eigenvalue weighted by atomic mass is 10.2. The van der Waals surface area contributed by atoms with Crippen LogP contribution in [-0.4, -0.2) is 36.2 Å². The van der Waals surface area contributed by atoms with E-state index in [0.717, 1.165) is 5.69 Å². The van der Waals surface area contributed by atoms with Crippen molar-refractivity contribution in [2.75, 3.05) is 11.5 Å². The predicted molar refractivity (Wildman–Crippen MR) is 55.9 cm³/mol. The topological polar surface area (TPSA) is 72.0 Å². The first kappa shape index (κ1) is 10.5. The summed E-state index contributed by atoms with van der Waals surface area (Å²) >= 11 is 0. The molecule has 1 N–H and O–H groups in total. The summed E-state index contributed by atoms with van der Waals surface area (Å²) in [6, 6.07) is 3.75. The molecule has 0 amide bonds. The van der Waals surface area contributed by atoms with Crippen LogP contribution in [0.2, 0.25) is 0 Å². The number of nitrogens with zero attached hydrogens (tertiary/aromatic N) is 2. The van der Waals surface area contributed by atoms with Gasteiger partial charge >= 0.3 is 0 Å². The van der Waals surface area contributed by atoms with Crippen LogP contribution < -0.4 is 5.32 Å². The van der Waals surface area contributed by atoms with Crippen molar-refractivity contribution in [2.45, 2.75) is 19.0 Å². The highest BCUT2D eigenvalue weighted by molar-refractivity contribution is 7.91. The maximum atomic E-state index is 11.2. The molecule has 1 aromatic heterocycles. The smallest absolute Gasteiger partial charge is 0.151 e. The van der Waals surface area contributed by atoms with Crippen LogP contribution in [0.15, 0.2) is 18.3 Å². The summed E-state index contributed by atoms with van der Waals surface area (Å²) in [5.41, 5.74) is 0.835. The highest BCUT2D eigenvalue weighted by atomic mass is 32.2. The van der Waals surface area contributed by atoms with E-state index in [0.29, 0.717) is 18.7 Å². The van der Waals surface area contributed by atoms with Gasteiger partial charge < -0.3 is 5.32 Å². The fraction of sp³-hybridized carbons (Fsp3) is 0.556. The molecule has 1 aromatic rings. The fourth-order valence-electron chi connectivity index (χ4n) is 1.63. The van der Waals surface area contributed by atoms with Crippen molar-refractivity contribution >= 4 is 9.84 Å². The van der Waals surface area contributed by atoms with Gasteiger partial charge in [-0.25, -0.2) is 8.42 Å². The average Bonchev–Trinajstić information content (AvgIpc) is 2.57. The Labute approximate surface area is 88.8 Å². The molecule has 1 aliphatic heterocycles. The Kier molecular flexibility index (Phi) is 2.97. The van der Waals surface area contributed by atoms with Crippen molar-refractivity contribution < 1.29 is 8.42 Å². The Morgan fingerprint density at radius 2 is 2.40 bits per heavy atom. The van der Waals surface area contributed by atoms with E-state index in [9.17, 15) is 8.42 Å². The minimum atomic E-state index is -2.80. The average molecular weight is 227 g/mol. The maximum Gasteiger partial charge on any atom is 0.151 e. The zero-order valence-electron chi connectivity index (χ0n) is 8.26. The lowest BCUT2D eigenvalue weighted by molar-refractivity contribution is 0.546. The van der Waals surface area contributed by atoms with Crippen LogP contribution in [0, 0.1) is 0 Å². The van der Waals surface area contributed by atoms with Gasteiger partial charge in [0, 0.05) is 18.8 Å². The Bertz CT molecular complexity index is 418. The highest BCUT2D eigenvalue weighted by Crippen LogP contribution is 2.11. The van der Waals surface area contributed by atoms with E-state index in [2.05, 4.69) is 15.5 Å². The van der Waals surface area contributed by atoms with Crippen LogP contribution in [0.25, 0.3) is 0 Å². The summed E-state index contributed by atoms with van der Waals surface area (Å²) in [7, 11) is -2.80. The van der Waals surface area contributed by atoms with Gasteiger partial charge in [-0.2, -0.15) is 10.2 Å². The first-order valence-electron chi connectivity index (χ1n) is 4.86. The monoisotopic (exact) mass is 227 g/mol. The van der Waals surface area contributed by atoms with Crippen LogP contribution in [0.5, 0.6) is 0 Å². The molecule has 0 aliphatic carbocycles. The summed E-state index contributed by atoms with van der Waals surface area (Å²) in [4.78, 5) is 0. The van der Waals surface area contributed by atoms with E-state index in [4.69, 9.17) is 0 Å². The third-order valence-electron chi connectivity index (χ3n) is 2.43. The van der Waals surface area contributed by atoms with Gasteiger partial charge in [0.15, 0.2) is 9.84 Å². The van der Waals surface area contributed by atoms with Crippen molar-refractivity contribution in [3.63, 3.8) is 0 Å². The van der Waals surface area contributed by atoms with Gasteiger partial charge in [-0.1, -0.05) is 0 Å². The van der Waals surface area contributed by atoms with Crippen molar-refractivity contribution in [1.82, 2.24) is 15.5 Å². The summed E-state index contributed by atoms with van der Waals surface area (Å²) in [5.74, 6) is 0.540. The van der Waals surface area contributed by atoms with Crippen molar-refractivity contribution in [1.29, 1.82) is 0 Å². The molecule has 1 saturated heterocycles. The molecule has 1 aliphatic rings. The van der Waals surface area contributed by atoms with Gasteiger partial charge in [0.2, 0.25) is 0 Å². The van der Waals surface area contributed by atoms with Crippen LogP contribution >= 0.6 is 0 Å². The molecule has 0 bridgehead atoms. The zero-order chi connectivity index (χ0) is 10.7. The second-order valence-electron chi connectivity index (χ2n) is 3.70. The largest absolute Gasteiger partial charge is 0.307 e. The number of rotatable bonds is 3. The first-order valence-corrected chi connectivity index (χ1v) is 6.68. The van der Waals surface area contributed by atoms with E-state index in [-0.39, 0.29) is 11.8 Å². The Morgan fingerprint density at radius 3 is 3.00 bits per heavy atom. The molecular formula is C9H13N3O2S. The van der Waals surface area contributed by atoms with Crippen molar-refractivity contribution in [2.24, 2.45) is 0 Å². The minimum absolute atomic E-state index is 0.0667. The molecule has 2 rings (SSSR count). The van der Waals surface area contributed by atoms with E-state index >= 15 is 0 Å². The lowest BCUT2D eigenvalue weighted by Crippen LogP contribution is -2.29. The van der Waals surface area contributed by atoms with E-state index in [1.165, 1.54) is 0 Å². The molecular weight excluding hydrogens is 214 g/mol. The minimum Gasteiger partial charge on any atom is -0.307 e. The summed E-state index contributed by atoms with van der Waals surface area (Å²) < 4.78 is 22.4. The molecule has 15 heavy (non-hydrogen) atoms. The van der Waals surface area contributed by atoms with Gasteiger partial charge in [0.05, 0.1) is 17.2 Å². The van der Waals surface area contributed by atoms with Crippen LogP contribution in [-0.2, 0) is 16.4 Å². The molecule has 0 radical (unpaired) electrons. The summed E-state index contributed by atoms with van der Waals surface area (Å²) in [5, 5.41) is 10.8. The summed E-state index contributed by atoms with van der Waals surface area (Å²) in [6.45, 7) is 0.577. The van der Waals surface area contributed by atoms with Crippen molar-refractivity contribution in [3.05, 3.63) is 24.0 Å². The van der Waals surface area contributed by atoms with Crippen LogP contribution in [0.1, 0.15) is 12.1 Å². The normalized spacial score (nSPS) is 24.1. The second kappa shape index (κ2) is 4.24. The van der Waals surface area contributed by atoms with Crippen LogP contribution in [0.4, 0.5) is 0 Å². The molecule has 1 unspecified atom stereocenters. The Morgan fingerprint density at radius 1 is 1.53 bits per heavy atom. The predicted octanol–water partition coefficient (Wildman–Crippen LogP) is -0.247. The Hall–Kier alpha value is -1.01. The summed E-state index contributed by atoms with van der Waals surface area (Å²) in [6.07, 6.45) is 2.31. The van der Waals surface area contributed by atoms with Crippen molar-refractivity contribution in [3.8, 4) is 0 Å². The highest BCUT2D eigenvalue weighted by Gasteiger charge is 2.27. The number of sulfone groups is 1. The van der Waals surface area contributed by atoms with Gasteiger partial charge in [-0.15, -0.1) is 0 Å². The van der Waals surface area contributed by atoms with Gasteiger partial charge in [-0.3, -0.25) is 0 Å². The number of aromatic nitrogens is 2. The SMILES string of the molecule is O=S1(=O)CCC(NCc2cccnn2)C1. The molecule has 6 heteroatoms. The van der Waals surface area contributed by atoms with Crippen LogP contribution in [0.3, 0.4) is 0 Å². The number of hydrogen-bond acceptors (Lipinski definition) is 5. The molecule has 0 saturated carbocycles. The van der Waals surface area contributed by atoms with E-state index in [1.54, 1.807) is 6.20 Å². The molecule has 5 nitrogen and oxygen atoms in total. The van der Waals surface area contributed by atoms with E-state index < -0.39 is 9.84 Å². The zero-order valence-corrected chi connectivity index (χ0v) is 9.07. The second-order valence-corrected chi connectivity index (χ2v) is 5.92. The van der Waals surface area contributed by atoms with Gasteiger partial charge in [-0.05, 0) is 18.6 Å². The Balaban J connectivity index is 1.85. The number of hydrogen-bond donors (Lipinski definition) is 1. The molecule has 1 atom stereocenters. The third kappa shape index (κ3) is 2.97. The molecule has 0 spiro atoms. The first-order chi connectivity index (χ1) is 7.16. The molecule has 82 valence electrons. The van der Waals surface area contributed by atoms with Gasteiger partial charge in [0.1, 0.15) is 0 Å². The molecule has 1 fully saturated rings. The number of nitrogens with one attached hydrogen (secondary N) is 1. The van der Waals surface area contributed by atoms with Gasteiger partial charge in [0.25, 0.3) is 0 Å². The molecule has 2 heterocycles. The standard InChI is InChI=1S/C9H13N3O2S/c13-15(14)5-3-9(7-15)10-6-8-2-1-4-11-12-8/h1-2,4,9-10H,3,5-7H2. The molecule has 0 aromatic carbocycles. The maximum absolute atomic E-state index is 11.2. The van der Waals surface area contributed by atoms with E-state index in [1.807, 2.05) is 12.1 Å². The third-order valence-corrected chi connectivity index (χ3v) is 4.20. The lowest BCUT2D eigenvalue weighted by Gasteiger charge is -2.08. The quantitative estimate of drug-likeness (QED) is 0.771. The fourth-order valence-corrected chi connectivity index (χ4v) is 3.34.